The third kappa shape index (κ3) is 7.14. The van der Waals surface area contributed by atoms with E-state index in [-0.39, 0.29) is 72.9 Å². The maximum Gasteiger partial charge on any atom is 0.343 e. The summed E-state index contributed by atoms with van der Waals surface area (Å²) in [4.78, 5) is 95.4. The Hall–Kier alpha value is -6.22. The number of nitrogens with one attached hydrogen (secondary N) is 3. The van der Waals surface area contributed by atoms with E-state index < -0.39 is 35.5 Å². The van der Waals surface area contributed by atoms with Crippen molar-refractivity contribution in [3.05, 3.63) is 81.2 Å². The number of fused-ring (bicyclic) bond motifs is 7. The lowest BCUT2D eigenvalue weighted by Gasteiger charge is -2.31. The molecule has 4 N–H and O–H groups in total. The van der Waals surface area contributed by atoms with Gasteiger partial charge in [0, 0.05) is 47.3 Å². The molecule has 3 aliphatic heterocycles. The van der Waals surface area contributed by atoms with Crippen molar-refractivity contribution in [3.63, 3.8) is 0 Å². The van der Waals surface area contributed by atoms with Crippen LogP contribution in [0.5, 0.6) is 0 Å². The summed E-state index contributed by atoms with van der Waals surface area (Å²) in [5.41, 5.74) is 2.20. The van der Waals surface area contributed by atoms with E-state index in [1.54, 1.807) is 44.4 Å². The van der Waals surface area contributed by atoms with Crippen LogP contribution in [-0.2, 0) is 52.3 Å². The van der Waals surface area contributed by atoms with Gasteiger partial charge in [0.2, 0.25) is 17.7 Å². The van der Waals surface area contributed by atoms with E-state index in [1.165, 1.54) is 12.2 Å². The van der Waals surface area contributed by atoms with Crippen molar-refractivity contribution >= 4 is 62.9 Å². The second kappa shape index (κ2) is 15.6. The minimum atomic E-state index is -1.93. The number of rotatable bonds is 13. The van der Waals surface area contributed by atoms with E-state index in [0.29, 0.717) is 41.9 Å². The van der Waals surface area contributed by atoms with Gasteiger partial charge in [0.1, 0.15) is 18.7 Å². The fourth-order valence-electron chi connectivity index (χ4n) is 7.99. The number of aryl methyl sites for hydroxylation is 1. The Morgan fingerprint density at radius 2 is 1.66 bits per heavy atom. The second-order valence-corrected chi connectivity index (χ2v) is 15.5. The lowest BCUT2D eigenvalue weighted by atomic mass is 9.86. The van der Waals surface area contributed by atoms with Crippen molar-refractivity contribution in [1.29, 1.82) is 0 Å². The van der Waals surface area contributed by atoms with Crippen LogP contribution in [0, 0.1) is 12.8 Å². The van der Waals surface area contributed by atoms with Gasteiger partial charge in [0.05, 0.1) is 29.0 Å². The number of aliphatic hydroxyl groups is 1. The summed E-state index contributed by atoms with van der Waals surface area (Å²) < 4.78 is 6.80. The predicted molar refractivity (Wildman–Crippen MR) is 214 cm³/mol. The van der Waals surface area contributed by atoms with Crippen LogP contribution in [0.3, 0.4) is 0 Å². The Labute approximate surface area is 333 Å². The van der Waals surface area contributed by atoms with Crippen LogP contribution in [0.2, 0.25) is 0 Å². The van der Waals surface area contributed by atoms with Crippen molar-refractivity contribution in [3.8, 4) is 11.4 Å². The number of cyclic esters (lactones) is 1. The molecule has 0 fully saturated rings. The van der Waals surface area contributed by atoms with Gasteiger partial charge in [-0.25, -0.2) is 9.78 Å². The molecular weight excluding hydrogens is 745 g/mol. The Balaban J connectivity index is 1.03. The van der Waals surface area contributed by atoms with Gasteiger partial charge >= 0.3 is 5.97 Å². The maximum atomic E-state index is 13.7. The number of hydrogen-bond acceptors (Lipinski definition) is 10. The molecule has 15 heteroatoms. The molecule has 0 spiro atoms. The van der Waals surface area contributed by atoms with Crippen LogP contribution < -0.4 is 21.5 Å². The molecule has 2 aromatic carbocycles. The number of nitrogens with zero attached hydrogens (tertiary/aromatic N) is 3. The van der Waals surface area contributed by atoms with Gasteiger partial charge in [-0.15, -0.1) is 0 Å². The van der Waals surface area contributed by atoms with Gasteiger partial charge in [-0.05, 0) is 79.6 Å². The summed E-state index contributed by atoms with van der Waals surface area (Å²) >= 11 is 0. The van der Waals surface area contributed by atoms with E-state index in [9.17, 15) is 38.7 Å². The monoisotopic (exact) mass is 790 g/mol. The number of aromatic nitrogens is 2. The summed E-state index contributed by atoms with van der Waals surface area (Å²) in [6, 6.07) is 9.17. The lowest BCUT2D eigenvalue weighted by molar-refractivity contribution is -0.172. The molecule has 0 radical (unpaired) electrons. The number of ether oxygens (including phenoxy) is 1. The predicted octanol–water partition coefficient (Wildman–Crippen LogP) is 3.61. The number of unbranched alkanes of at least 4 members (excludes halogenated alkanes) is 2. The molecule has 15 nitrogen and oxygen atoms in total. The molecule has 0 unspecified atom stereocenters. The number of benzene rings is 2. The zero-order valence-corrected chi connectivity index (χ0v) is 33.1. The smallest absolute Gasteiger partial charge is 0.343 e. The number of anilines is 1. The largest absolute Gasteiger partial charge is 0.458 e. The van der Waals surface area contributed by atoms with Crippen molar-refractivity contribution in [1.82, 2.24) is 25.1 Å². The molecule has 58 heavy (non-hydrogen) atoms. The van der Waals surface area contributed by atoms with Crippen LogP contribution in [0.1, 0.15) is 82.1 Å². The molecule has 3 atom stereocenters. The molecule has 4 aromatic rings. The number of amides is 5. The van der Waals surface area contributed by atoms with Crippen molar-refractivity contribution < 1.29 is 38.6 Å². The van der Waals surface area contributed by atoms with Crippen LogP contribution >= 0.6 is 0 Å². The van der Waals surface area contributed by atoms with E-state index >= 15 is 0 Å². The van der Waals surface area contributed by atoms with Crippen LogP contribution in [0.15, 0.2) is 53.3 Å². The summed E-state index contributed by atoms with van der Waals surface area (Å²) in [6.07, 6.45) is 4.37. The van der Waals surface area contributed by atoms with Crippen molar-refractivity contribution in [2.45, 2.75) is 97.6 Å². The van der Waals surface area contributed by atoms with Crippen LogP contribution in [-0.4, -0.2) is 73.7 Å². The van der Waals surface area contributed by atoms with E-state index in [0.717, 1.165) is 32.2 Å². The third-order valence-electron chi connectivity index (χ3n) is 11.4. The van der Waals surface area contributed by atoms with Crippen LogP contribution in [0.4, 0.5) is 5.69 Å². The van der Waals surface area contributed by atoms with Crippen molar-refractivity contribution in [2.75, 3.05) is 11.9 Å². The molecule has 302 valence electrons. The number of esters is 1. The highest BCUT2D eigenvalue weighted by Gasteiger charge is 2.45. The summed E-state index contributed by atoms with van der Waals surface area (Å²) in [5, 5.41) is 22.2. The van der Waals surface area contributed by atoms with Crippen molar-refractivity contribution in [2.24, 2.45) is 5.92 Å². The van der Waals surface area contributed by atoms with E-state index in [1.807, 2.05) is 31.2 Å². The summed E-state index contributed by atoms with van der Waals surface area (Å²) in [6.45, 7) is 9.09. The first-order valence-electron chi connectivity index (χ1n) is 19.6. The topological polar surface area (TPSA) is 206 Å². The van der Waals surface area contributed by atoms with Gasteiger partial charge in [0.25, 0.3) is 17.4 Å². The molecule has 7 rings (SSSR count). The number of hydrogen-bond donors (Lipinski definition) is 4. The standard InChI is InChI=1S/C43H46N6O9/c1-6-43(57)30-19-32-38-28(20-49(32)41(55)29(30)21-58-42(43)56)23(4)36-27-18-26(13-11-25(27)12-14-31(36)46-38)45-39(53)24(5)44-40(54)37(22(2)3)47-33(50)10-8-7-9-17-48-34(51)15-16-35(48)52/h11-16,18-19,22,24,37,57H,6-10,17,20-21H2,1-5H3,(H,44,54)(H,45,53)(H,47,50)/t24-,37-,43-/m0/s1. The average Bonchev–Trinajstić information content (AvgIpc) is 3.73. The molecule has 2 aromatic heterocycles. The zero-order chi connectivity index (χ0) is 41.6. The molecule has 3 aliphatic rings. The lowest BCUT2D eigenvalue weighted by Crippen LogP contribution is -2.53. The van der Waals surface area contributed by atoms with Gasteiger partial charge in [-0.3, -0.25) is 33.7 Å². The minimum Gasteiger partial charge on any atom is -0.458 e. The molecule has 5 amide bonds. The molecular formula is C43H46N6O9. The molecule has 0 saturated carbocycles. The Morgan fingerprint density at radius 3 is 2.36 bits per heavy atom. The molecule has 0 bridgehead atoms. The maximum absolute atomic E-state index is 13.7. The Bertz CT molecular complexity index is 2510. The first-order valence-corrected chi connectivity index (χ1v) is 19.6. The molecule has 0 aliphatic carbocycles. The summed E-state index contributed by atoms with van der Waals surface area (Å²) in [7, 11) is 0. The number of carbonyl (C=O) groups is 6. The highest BCUT2D eigenvalue weighted by molar-refractivity contribution is 6.13. The third-order valence-corrected chi connectivity index (χ3v) is 11.4. The number of carbonyl (C=O) groups excluding carboxylic acids is 6. The minimum absolute atomic E-state index is 0.0445. The van der Waals surface area contributed by atoms with Crippen LogP contribution in [0.25, 0.3) is 33.1 Å². The second-order valence-electron chi connectivity index (χ2n) is 15.5. The van der Waals surface area contributed by atoms with E-state index in [4.69, 9.17) is 9.72 Å². The first-order chi connectivity index (χ1) is 27.6. The molecule has 0 saturated heterocycles. The highest BCUT2D eigenvalue weighted by Crippen LogP contribution is 2.41. The zero-order valence-electron chi connectivity index (χ0n) is 33.1. The molecule has 5 heterocycles. The Kier molecular flexibility index (Phi) is 10.8. The van der Waals surface area contributed by atoms with Gasteiger partial charge < -0.3 is 30.4 Å². The highest BCUT2D eigenvalue weighted by atomic mass is 16.6. The average molecular weight is 791 g/mol. The van der Waals surface area contributed by atoms with E-state index in [2.05, 4.69) is 16.0 Å². The van der Waals surface area contributed by atoms with Gasteiger partial charge in [0.15, 0.2) is 5.60 Å². The Morgan fingerprint density at radius 1 is 0.931 bits per heavy atom. The SMILES string of the molecule is CC[C@@]1(O)C(=O)OCc2c1cc1n(c2=O)Cc2c-1nc1ccc3ccc(NC(=O)[C@H](C)NC(=O)[C@@H](NC(=O)CCCCCN4C(=O)C=CC4=O)C(C)C)cc3c1c2C. The fraction of sp³-hybridized carbons (Fsp3) is 0.395. The summed E-state index contributed by atoms with van der Waals surface area (Å²) in [5.74, 6) is -2.99. The number of pyridine rings is 2. The first kappa shape index (κ1) is 40.0. The number of imide groups is 1. The normalized spacial score (nSPS) is 17.9. The fourth-order valence-corrected chi connectivity index (χ4v) is 7.99. The van der Waals surface area contributed by atoms with Gasteiger partial charge in [-0.1, -0.05) is 39.3 Å². The quantitative estimate of drug-likeness (QED) is 0.0590. The van der Waals surface area contributed by atoms with Gasteiger partial charge in [-0.2, -0.15) is 0 Å².